The molecule has 152 valence electrons. The third-order valence-electron chi connectivity index (χ3n) is 5.76. The van der Waals surface area contributed by atoms with Crippen LogP contribution in [0.5, 0.6) is 5.75 Å². The van der Waals surface area contributed by atoms with Crippen LogP contribution in [0.15, 0.2) is 42.6 Å². The number of ether oxygens (including phenoxy) is 1. The summed E-state index contributed by atoms with van der Waals surface area (Å²) in [5.74, 6) is 1.02. The summed E-state index contributed by atoms with van der Waals surface area (Å²) in [5.41, 5.74) is 9.90. The van der Waals surface area contributed by atoms with E-state index in [-0.39, 0.29) is 18.6 Å². The maximum atomic E-state index is 13.3. The molecule has 1 amide bonds. The molecule has 0 aliphatic carbocycles. The summed E-state index contributed by atoms with van der Waals surface area (Å²) in [7, 11) is 3.62. The summed E-state index contributed by atoms with van der Waals surface area (Å²) in [6.07, 6.45) is 1.69. The zero-order chi connectivity index (χ0) is 21.0. The van der Waals surface area contributed by atoms with Gasteiger partial charge in [0.15, 0.2) is 0 Å². The van der Waals surface area contributed by atoms with E-state index < -0.39 is 0 Å². The molecule has 3 heterocycles. The highest BCUT2D eigenvalue weighted by molar-refractivity contribution is 6.10. The van der Waals surface area contributed by atoms with Crippen molar-refractivity contribution in [2.45, 2.75) is 12.6 Å². The fourth-order valence-electron chi connectivity index (χ4n) is 4.09. The molecule has 0 fully saturated rings. The molecule has 3 N–H and O–H groups in total. The lowest BCUT2D eigenvalue weighted by Gasteiger charge is -2.24. The summed E-state index contributed by atoms with van der Waals surface area (Å²) in [6.45, 7) is 0.332. The van der Waals surface area contributed by atoms with Gasteiger partial charge in [-0.05, 0) is 29.8 Å². The first-order chi connectivity index (χ1) is 14.5. The first-order valence-electron chi connectivity index (χ1n) is 9.62. The molecule has 0 unspecified atom stereocenters. The fraction of sp³-hybridized carbons (Fsp3) is 0.227. The second-order valence-corrected chi connectivity index (χ2v) is 7.53. The maximum Gasteiger partial charge on any atom is 0.254 e. The van der Waals surface area contributed by atoms with Gasteiger partial charge in [-0.3, -0.25) is 9.48 Å². The van der Waals surface area contributed by atoms with Crippen molar-refractivity contribution in [2.24, 2.45) is 7.05 Å². The van der Waals surface area contributed by atoms with Crippen molar-refractivity contribution < 1.29 is 14.6 Å². The molecule has 0 saturated carbocycles. The summed E-state index contributed by atoms with van der Waals surface area (Å²) in [6, 6.07) is 10.8. The van der Waals surface area contributed by atoms with Gasteiger partial charge in [0.25, 0.3) is 5.91 Å². The minimum absolute atomic E-state index is 0.0474. The van der Waals surface area contributed by atoms with Crippen molar-refractivity contribution in [1.82, 2.24) is 19.7 Å². The number of nitrogens with two attached hydrogens (primary N) is 1. The normalized spacial score (nSPS) is 15.4. The number of aliphatic hydroxyl groups excluding tert-OH is 1. The third kappa shape index (κ3) is 2.68. The van der Waals surface area contributed by atoms with Gasteiger partial charge in [-0.2, -0.15) is 5.10 Å². The molecule has 4 aromatic rings. The Balaban J connectivity index is 1.53. The summed E-state index contributed by atoms with van der Waals surface area (Å²) >= 11 is 0. The van der Waals surface area contributed by atoms with Crippen LogP contribution in [0, 0.1) is 0 Å². The van der Waals surface area contributed by atoms with Crippen LogP contribution in [0.3, 0.4) is 0 Å². The number of rotatable bonds is 3. The van der Waals surface area contributed by atoms with Crippen LogP contribution in [-0.4, -0.2) is 44.3 Å². The highest BCUT2D eigenvalue weighted by Crippen LogP contribution is 2.37. The van der Waals surface area contributed by atoms with Crippen LogP contribution in [0.1, 0.15) is 27.5 Å². The minimum Gasteiger partial charge on any atom is -0.491 e. The van der Waals surface area contributed by atoms with E-state index >= 15 is 0 Å². The Labute approximate surface area is 172 Å². The van der Waals surface area contributed by atoms with Gasteiger partial charge in [0.1, 0.15) is 18.2 Å². The second kappa shape index (κ2) is 6.70. The quantitative estimate of drug-likeness (QED) is 0.544. The molecule has 1 aliphatic heterocycles. The number of pyridine rings is 1. The van der Waals surface area contributed by atoms with Crippen LogP contribution < -0.4 is 10.5 Å². The molecule has 0 spiro atoms. The van der Waals surface area contributed by atoms with Crippen molar-refractivity contribution >= 4 is 33.5 Å². The van der Waals surface area contributed by atoms with E-state index in [4.69, 9.17) is 10.5 Å². The zero-order valence-electron chi connectivity index (χ0n) is 16.7. The molecule has 1 atom stereocenters. The Hall–Kier alpha value is -3.65. The molecule has 2 aromatic heterocycles. The summed E-state index contributed by atoms with van der Waals surface area (Å²) in [4.78, 5) is 19.4. The van der Waals surface area contributed by atoms with E-state index in [1.165, 1.54) is 0 Å². The van der Waals surface area contributed by atoms with Crippen molar-refractivity contribution in [1.29, 1.82) is 0 Å². The number of nitrogens with zero attached hydrogens (tertiary/aromatic N) is 4. The highest BCUT2D eigenvalue weighted by atomic mass is 16.5. The van der Waals surface area contributed by atoms with Crippen LogP contribution >= 0.6 is 0 Å². The maximum absolute atomic E-state index is 13.3. The number of carbonyl (C=O) groups excluding carboxylic acids is 1. The molecule has 5 rings (SSSR count). The topological polar surface area (TPSA) is 106 Å². The Bertz CT molecular complexity index is 1310. The largest absolute Gasteiger partial charge is 0.491 e. The van der Waals surface area contributed by atoms with Crippen LogP contribution in [-0.2, 0) is 13.7 Å². The molecule has 0 bridgehead atoms. The fourth-order valence-corrected chi connectivity index (χ4v) is 4.09. The number of benzene rings is 2. The van der Waals surface area contributed by atoms with Crippen LogP contribution in [0.2, 0.25) is 0 Å². The number of hydrogen-bond acceptors (Lipinski definition) is 6. The van der Waals surface area contributed by atoms with Gasteiger partial charge >= 0.3 is 0 Å². The smallest absolute Gasteiger partial charge is 0.254 e. The van der Waals surface area contributed by atoms with Crippen LogP contribution in [0.25, 0.3) is 21.8 Å². The van der Waals surface area contributed by atoms with Crippen molar-refractivity contribution in [2.75, 3.05) is 19.4 Å². The Morgan fingerprint density at radius 2 is 2.13 bits per heavy atom. The van der Waals surface area contributed by atoms with Gasteiger partial charge in [-0.15, -0.1) is 0 Å². The molecule has 0 saturated heterocycles. The van der Waals surface area contributed by atoms with Gasteiger partial charge in [0.05, 0.1) is 35.3 Å². The SMILES string of the molecule is CN(C(=O)c1ccc2nc(N)c3cnn(C)c3c2c1)[C@@H]1COc2cc(CO)ccc21. The molecule has 0 radical (unpaired) electrons. The summed E-state index contributed by atoms with van der Waals surface area (Å²) in [5, 5.41) is 15.2. The Morgan fingerprint density at radius 3 is 2.93 bits per heavy atom. The van der Waals surface area contributed by atoms with Crippen molar-refractivity contribution in [3.05, 3.63) is 59.3 Å². The molecule has 8 nitrogen and oxygen atoms in total. The number of anilines is 1. The van der Waals surface area contributed by atoms with E-state index in [1.807, 2.05) is 37.4 Å². The Morgan fingerprint density at radius 1 is 1.30 bits per heavy atom. The molecule has 8 heteroatoms. The number of aromatic nitrogens is 3. The molecular weight excluding hydrogens is 382 g/mol. The zero-order valence-corrected chi connectivity index (χ0v) is 16.7. The first-order valence-corrected chi connectivity index (χ1v) is 9.62. The standard InChI is InChI=1S/C22H21N5O3/c1-26(18-11-30-19-7-12(10-28)3-5-14(18)19)22(29)13-4-6-17-15(8-13)20-16(21(23)25-17)9-24-27(20)2/h3-9,18,28H,10-11H2,1-2H3,(H2,23,25)/t18-/m1/s1. The number of amides is 1. The molecule has 30 heavy (non-hydrogen) atoms. The number of nitrogen functional groups attached to an aromatic ring is 1. The minimum atomic E-state index is -0.197. The van der Waals surface area contributed by atoms with E-state index in [2.05, 4.69) is 10.1 Å². The highest BCUT2D eigenvalue weighted by Gasteiger charge is 2.31. The van der Waals surface area contributed by atoms with E-state index in [1.54, 1.807) is 28.9 Å². The predicted octanol–water partition coefficient (Wildman–Crippen LogP) is 2.40. The van der Waals surface area contributed by atoms with Crippen molar-refractivity contribution in [3.63, 3.8) is 0 Å². The van der Waals surface area contributed by atoms with E-state index in [0.717, 1.165) is 27.4 Å². The number of fused-ring (bicyclic) bond motifs is 4. The van der Waals surface area contributed by atoms with E-state index in [9.17, 15) is 9.90 Å². The number of aryl methyl sites for hydroxylation is 1. The van der Waals surface area contributed by atoms with Gasteiger partial charge in [0.2, 0.25) is 0 Å². The van der Waals surface area contributed by atoms with Gasteiger partial charge in [-0.25, -0.2) is 4.98 Å². The average molecular weight is 403 g/mol. The number of carbonyl (C=O) groups is 1. The van der Waals surface area contributed by atoms with Crippen molar-refractivity contribution in [3.8, 4) is 5.75 Å². The van der Waals surface area contributed by atoms with Crippen LogP contribution in [0.4, 0.5) is 5.82 Å². The second-order valence-electron chi connectivity index (χ2n) is 7.53. The van der Waals surface area contributed by atoms with Gasteiger partial charge in [-0.1, -0.05) is 12.1 Å². The predicted molar refractivity (Wildman–Crippen MR) is 113 cm³/mol. The number of likely N-dealkylation sites (N-methyl/N-ethyl adjacent to an activating group) is 1. The lowest BCUT2D eigenvalue weighted by atomic mass is 10.0. The average Bonchev–Trinajstić information content (AvgIpc) is 3.36. The first kappa shape index (κ1) is 18.4. The molecule has 2 aromatic carbocycles. The lowest BCUT2D eigenvalue weighted by Crippen LogP contribution is -2.32. The number of hydrogen-bond donors (Lipinski definition) is 2. The molecular formula is C22H21N5O3. The monoisotopic (exact) mass is 403 g/mol. The van der Waals surface area contributed by atoms with Gasteiger partial charge < -0.3 is 20.5 Å². The van der Waals surface area contributed by atoms with E-state index in [0.29, 0.717) is 29.3 Å². The molecule has 1 aliphatic rings. The number of aliphatic hydroxyl groups is 1. The third-order valence-corrected chi connectivity index (χ3v) is 5.76. The van der Waals surface area contributed by atoms with Gasteiger partial charge in [0, 0.05) is 30.6 Å². The summed E-state index contributed by atoms with van der Waals surface area (Å²) < 4.78 is 7.51. The lowest BCUT2D eigenvalue weighted by molar-refractivity contribution is 0.0708. The Kier molecular flexibility index (Phi) is 4.11.